The molecule has 0 atom stereocenters. The SMILES string of the molecule is CC(C)(C)c1ccc(NC(=S)N2C(=O)CCC2=O)cc1. The summed E-state index contributed by atoms with van der Waals surface area (Å²) in [6, 6.07) is 7.83. The molecule has 0 spiro atoms. The second kappa shape index (κ2) is 5.32. The molecule has 1 saturated heterocycles. The number of hydrogen-bond acceptors (Lipinski definition) is 3. The minimum atomic E-state index is -0.237. The molecule has 0 unspecified atom stereocenters. The Labute approximate surface area is 124 Å². The third-order valence-corrected chi connectivity index (χ3v) is 3.54. The monoisotopic (exact) mass is 290 g/mol. The molecule has 1 aliphatic rings. The molecule has 1 fully saturated rings. The molecule has 0 radical (unpaired) electrons. The second-order valence-electron chi connectivity index (χ2n) is 5.88. The van der Waals surface area contributed by atoms with Crippen LogP contribution < -0.4 is 5.32 Å². The Hall–Kier alpha value is -1.75. The normalized spacial score (nSPS) is 15.7. The number of hydrogen-bond donors (Lipinski definition) is 1. The van der Waals surface area contributed by atoms with Gasteiger partial charge in [-0.2, -0.15) is 0 Å². The van der Waals surface area contributed by atoms with E-state index >= 15 is 0 Å². The smallest absolute Gasteiger partial charge is 0.236 e. The highest BCUT2D eigenvalue weighted by Gasteiger charge is 2.32. The molecule has 1 aromatic rings. The molecule has 1 N–H and O–H groups in total. The lowest BCUT2D eigenvalue weighted by molar-refractivity contribution is -0.133. The van der Waals surface area contributed by atoms with E-state index in [2.05, 4.69) is 26.1 Å². The van der Waals surface area contributed by atoms with Crippen molar-refractivity contribution in [2.45, 2.75) is 39.0 Å². The summed E-state index contributed by atoms with van der Waals surface area (Å²) >= 11 is 5.13. The van der Waals surface area contributed by atoms with Gasteiger partial charge in [0.1, 0.15) is 0 Å². The summed E-state index contributed by atoms with van der Waals surface area (Å²) < 4.78 is 0. The van der Waals surface area contributed by atoms with E-state index in [1.807, 2.05) is 24.3 Å². The summed E-state index contributed by atoms with van der Waals surface area (Å²) in [6.07, 6.45) is 0.479. The molecule has 0 aliphatic carbocycles. The molecule has 2 amide bonds. The number of nitrogens with one attached hydrogen (secondary N) is 1. The number of likely N-dealkylation sites (tertiary alicyclic amines) is 1. The fourth-order valence-corrected chi connectivity index (χ4v) is 2.36. The average molecular weight is 290 g/mol. The lowest BCUT2D eigenvalue weighted by Gasteiger charge is -2.20. The van der Waals surface area contributed by atoms with Crippen LogP contribution in [0.2, 0.25) is 0 Å². The highest BCUT2D eigenvalue weighted by molar-refractivity contribution is 7.80. The van der Waals surface area contributed by atoms with Crippen LogP contribution in [-0.4, -0.2) is 21.8 Å². The zero-order valence-corrected chi connectivity index (χ0v) is 12.7. The third-order valence-electron chi connectivity index (χ3n) is 3.26. The van der Waals surface area contributed by atoms with E-state index in [1.54, 1.807) is 0 Å². The van der Waals surface area contributed by atoms with Crippen LogP contribution in [0, 0.1) is 0 Å². The van der Waals surface area contributed by atoms with Crippen LogP contribution in [-0.2, 0) is 15.0 Å². The molecule has 4 nitrogen and oxygen atoms in total. The molecule has 106 valence electrons. The number of carbonyl (C=O) groups excluding carboxylic acids is 2. The molecule has 2 rings (SSSR count). The standard InChI is InChI=1S/C15H18N2O2S/c1-15(2,3)10-4-6-11(7-5-10)16-14(20)17-12(18)8-9-13(17)19/h4-7H,8-9H2,1-3H3,(H,16,20). The van der Waals surface area contributed by atoms with E-state index < -0.39 is 0 Å². The average Bonchev–Trinajstić information content (AvgIpc) is 2.68. The van der Waals surface area contributed by atoms with E-state index in [0.717, 1.165) is 10.6 Å². The van der Waals surface area contributed by atoms with Crippen molar-refractivity contribution in [2.24, 2.45) is 0 Å². The largest absolute Gasteiger partial charge is 0.332 e. The third kappa shape index (κ3) is 3.04. The molecule has 1 aromatic carbocycles. The molecule has 20 heavy (non-hydrogen) atoms. The number of carbonyl (C=O) groups is 2. The van der Waals surface area contributed by atoms with Crippen LogP contribution >= 0.6 is 12.2 Å². The van der Waals surface area contributed by atoms with Crippen molar-refractivity contribution < 1.29 is 9.59 Å². The Morgan fingerprint density at radius 2 is 1.60 bits per heavy atom. The lowest BCUT2D eigenvalue weighted by Crippen LogP contribution is -2.38. The molecule has 0 saturated carbocycles. The van der Waals surface area contributed by atoms with Gasteiger partial charge in [0.15, 0.2) is 5.11 Å². The van der Waals surface area contributed by atoms with Crippen LogP contribution in [0.25, 0.3) is 0 Å². The molecule has 0 bridgehead atoms. The van der Waals surface area contributed by atoms with E-state index in [1.165, 1.54) is 5.56 Å². The van der Waals surface area contributed by atoms with Crippen LogP contribution in [0.5, 0.6) is 0 Å². The Morgan fingerprint density at radius 1 is 1.10 bits per heavy atom. The van der Waals surface area contributed by atoms with Crippen molar-refractivity contribution in [1.82, 2.24) is 4.90 Å². The number of amides is 2. The maximum absolute atomic E-state index is 11.6. The predicted molar refractivity (Wildman–Crippen MR) is 82.4 cm³/mol. The van der Waals surface area contributed by atoms with E-state index in [4.69, 9.17) is 12.2 Å². The van der Waals surface area contributed by atoms with Gasteiger partial charge in [0, 0.05) is 18.5 Å². The van der Waals surface area contributed by atoms with Gasteiger partial charge in [-0.25, -0.2) is 4.90 Å². The number of imide groups is 1. The van der Waals surface area contributed by atoms with Gasteiger partial charge in [-0.3, -0.25) is 9.59 Å². The first-order valence-electron chi connectivity index (χ1n) is 6.56. The zero-order chi connectivity index (χ0) is 14.9. The molecule has 1 aliphatic heterocycles. The van der Waals surface area contributed by atoms with Gasteiger partial charge in [-0.15, -0.1) is 0 Å². The van der Waals surface area contributed by atoms with Crippen molar-refractivity contribution in [3.63, 3.8) is 0 Å². The van der Waals surface area contributed by atoms with E-state index in [0.29, 0.717) is 0 Å². The van der Waals surface area contributed by atoms with Gasteiger partial charge in [0.25, 0.3) is 0 Å². The minimum Gasteiger partial charge on any atom is -0.332 e. The molecular formula is C15H18N2O2S. The van der Waals surface area contributed by atoms with Crippen molar-refractivity contribution in [2.75, 3.05) is 5.32 Å². The van der Waals surface area contributed by atoms with Crippen LogP contribution in [0.15, 0.2) is 24.3 Å². The van der Waals surface area contributed by atoms with Crippen LogP contribution in [0.3, 0.4) is 0 Å². The van der Waals surface area contributed by atoms with Crippen molar-refractivity contribution >= 4 is 34.8 Å². The molecule has 1 heterocycles. The van der Waals surface area contributed by atoms with E-state index in [-0.39, 0.29) is 35.2 Å². The van der Waals surface area contributed by atoms with Gasteiger partial charge in [0.05, 0.1) is 0 Å². The number of rotatable bonds is 1. The van der Waals surface area contributed by atoms with Crippen LogP contribution in [0.1, 0.15) is 39.2 Å². The molecular weight excluding hydrogens is 272 g/mol. The highest BCUT2D eigenvalue weighted by atomic mass is 32.1. The quantitative estimate of drug-likeness (QED) is 0.638. The summed E-state index contributed by atoms with van der Waals surface area (Å²) in [5.74, 6) is -0.474. The highest BCUT2D eigenvalue weighted by Crippen LogP contribution is 2.24. The second-order valence-corrected chi connectivity index (χ2v) is 6.27. The summed E-state index contributed by atoms with van der Waals surface area (Å²) in [7, 11) is 0. The van der Waals surface area contributed by atoms with Gasteiger partial charge in [0.2, 0.25) is 11.8 Å². The Kier molecular flexibility index (Phi) is 3.90. The fraction of sp³-hybridized carbons (Fsp3) is 0.400. The maximum atomic E-state index is 11.6. The minimum absolute atomic E-state index is 0.0833. The Balaban J connectivity index is 2.09. The Morgan fingerprint density at radius 3 is 2.05 bits per heavy atom. The predicted octanol–water partition coefficient (Wildman–Crippen LogP) is 2.83. The van der Waals surface area contributed by atoms with Gasteiger partial charge in [-0.05, 0) is 35.3 Å². The zero-order valence-electron chi connectivity index (χ0n) is 11.9. The number of nitrogens with zero attached hydrogens (tertiary/aromatic N) is 1. The first-order valence-corrected chi connectivity index (χ1v) is 6.97. The topological polar surface area (TPSA) is 49.4 Å². The maximum Gasteiger partial charge on any atom is 0.236 e. The summed E-state index contributed by atoms with van der Waals surface area (Å²) in [4.78, 5) is 24.2. The van der Waals surface area contributed by atoms with Gasteiger partial charge < -0.3 is 5.32 Å². The van der Waals surface area contributed by atoms with Crippen molar-refractivity contribution in [3.05, 3.63) is 29.8 Å². The van der Waals surface area contributed by atoms with Crippen molar-refractivity contribution in [3.8, 4) is 0 Å². The summed E-state index contributed by atoms with van der Waals surface area (Å²) in [5.41, 5.74) is 2.07. The van der Waals surface area contributed by atoms with Gasteiger partial charge in [-0.1, -0.05) is 32.9 Å². The number of benzene rings is 1. The Bertz CT molecular complexity index is 542. The molecule has 5 heteroatoms. The van der Waals surface area contributed by atoms with E-state index in [9.17, 15) is 9.59 Å². The summed E-state index contributed by atoms with van der Waals surface area (Å²) in [6.45, 7) is 6.42. The summed E-state index contributed by atoms with van der Waals surface area (Å²) in [5, 5.41) is 3.09. The number of thiocarbonyl (C=S) groups is 1. The van der Waals surface area contributed by atoms with Crippen molar-refractivity contribution in [1.29, 1.82) is 0 Å². The van der Waals surface area contributed by atoms with Crippen LogP contribution in [0.4, 0.5) is 5.69 Å². The van der Waals surface area contributed by atoms with Gasteiger partial charge >= 0.3 is 0 Å². The first kappa shape index (κ1) is 14.7. The fourth-order valence-electron chi connectivity index (χ4n) is 2.04. The lowest BCUT2D eigenvalue weighted by atomic mass is 9.87. The molecule has 0 aromatic heterocycles. The first-order chi connectivity index (χ1) is 9.29. The number of anilines is 1.